The summed E-state index contributed by atoms with van der Waals surface area (Å²) >= 11 is 0. The first-order valence-electron chi connectivity index (χ1n) is 3.01. The molecule has 0 aromatic carbocycles. The van der Waals surface area contributed by atoms with Crippen molar-refractivity contribution < 1.29 is 47.3 Å². The zero-order chi connectivity index (χ0) is 8.74. The molecule has 0 amide bonds. The molecule has 0 fully saturated rings. The van der Waals surface area contributed by atoms with E-state index in [0.29, 0.717) is 0 Å². The second-order valence-electron chi connectivity index (χ2n) is 1.87. The second kappa shape index (κ2) is 8.05. The van der Waals surface area contributed by atoms with Crippen LogP contribution in [0.5, 0.6) is 0 Å². The van der Waals surface area contributed by atoms with Crippen molar-refractivity contribution in [2.75, 3.05) is 19.0 Å². The molecule has 6 heteroatoms. The minimum Gasteiger partial charge on any atom is -0.748 e. The van der Waals surface area contributed by atoms with E-state index >= 15 is 0 Å². The summed E-state index contributed by atoms with van der Waals surface area (Å²) in [6, 6.07) is 0. The number of hydrogen-bond donors (Lipinski definition) is 0. The minimum absolute atomic E-state index is 0. The average molecular weight is 200 g/mol. The molecule has 0 aromatic rings. The Morgan fingerprint density at radius 2 is 2.08 bits per heavy atom. The van der Waals surface area contributed by atoms with Gasteiger partial charge in [-0.2, -0.15) is 0 Å². The van der Waals surface area contributed by atoms with Crippen molar-refractivity contribution in [3.05, 3.63) is 0 Å². The van der Waals surface area contributed by atoms with E-state index in [2.05, 4.69) is 5.92 Å². The Hall–Kier alpha value is 0.430. The topological polar surface area (TPSA) is 66.4 Å². The summed E-state index contributed by atoms with van der Waals surface area (Å²) in [4.78, 5) is 0. The summed E-state index contributed by atoms with van der Waals surface area (Å²) in [5, 5.41) is 0. The van der Waals surface area contributed by atoms with Crippen LogP contribution in [0.15, 0.2) is 0 Å². The summed E-state index contributed by atoms with van der Waals surface area (Å²) in [5.74, 6) is 1.82. The number of rotatable bonds is 5. The largest absolute Gasteiger partial charge is 1.00 e. The normalized spacial score (nSPS) is 10.0. The van der Waals surface area contributed by atoms with Gasteiger partial charge in [0.2, 0.25) is 0 Å². The van der Waals surface area contributed by atoms with Gasteiger partial charge >= 0.3 is 29.6 Å². The van der Waals surface area contributed by atoms with Crippen molar-refractivity contribution in [1.29, 1.82) is 0 Å². The fourth-order valence-electron chi connectivity index (χ4n) is 0.469. The quantitative estimate of drug-likeness (QED) is 0.200. The van der Waals surface area contributed by atoms with Gasteiger partial charge in [0, 0.05) is 12.4 Å². The number of ether oxygens (including phenoxy) is 1. The molecule has 0 aliphatic rings. The van der Waals surface area contributed by atoms with Crippen LogP contribution in [0.1, 0.15) is 6.42 Å². The molecular weight excluding hydrogens is 191 g/mol. The van der Waals surface area contributed by atoms with E-state index in [-0.39, 0.29) is 49.2 Å². The molecule has 0 aliphatic heterocycles. The maximum Gasteiger partial charge on any atom is 1.00 e. The molecule has 0 aliphatic carbocycles. The third-order valence-corrected chi connectivity index (χ3v) is 1.66. The first-order valence-corrected chi connectivity index (χ1v) is 4.59. The Morgan fingerprint density at radius 1 is 1.50 bits per heavy atom. The zero-order valence-electron chi connectivity index (χ0n) is 6.95. The van der Waals surface area contributed by atoms with Crippen molar-refractivity contribution in [3.8, 4) is 12.3 Å². The van der Waals surface area contributed by atoms with Gasteiger partial charge in [-0.1, -0.05) is 5.92 Å². The zero-order valence-corrected chi connectivity index (χ0v) is 9.76. The van der Waals surface area contributed by atoms with Crippen LogP contribution in [-0.4, -0.2) is 31.9 Å². The molecule has 0 aromatic heterocycles. The molecule has 0 bridgehead atoms. The molecule has 12 heavy (non-hydrogen) atoms. The monoisotopic (exact) mass is 200 g/mol. The van der Waals surface area contributed by atoms with E-state index in [1.54, 1.807) is 0 Å². The van der Waals surface area contributed by atoms with E-state index in [9.17, 15) is 13.0 Å². The molecule has 0 N–H and O–H groups in total. The smallest absolute Gasteiger partial charge is 0.748 e. The predicted molar refractivity (Wildman–Crippen MR) is 38.8 cm³/mol. The molecule has 0 rings (SSSR count). The summed E-state index contributed by atoms with van der Waals surface area (Å²) < 4.78 is 34.8. The Morgan fingerprint density at radius 3 is 2.50 bits per heavy atom. The Kier molecular flexibility index (Phi) is 10.0. The summed E-state index contributed by atoms with van der Waals surface area (Å²) in [6.07, 6.45) is 5.04. The predicted octanol–water partition coefficient (Wildman–Crippen LogP) is -3.42. The van der Waals surface area contributed by atoms with E-state index in [1.807, 2.05) is 0 Å². The Bertz CT molecular complexity index is 228. The summed E-state index contributed by atoms with van der Waals surface area (Å²) in [7, 11) is -4.09. The molecule has 0 heterocycles. The van der Waals surface area contributed by atoms with Crippen molar-refractivity contribution in [1.82, 2.24) is 0 Å². The molecule has 0 saturated carbocycles. The second-order valence-corrected chi connectivity index (χ2v) is 3.40. The molecular formula is C6H9NaO4S. The Balaban J connectivity index is 0. The van der Waals surface area contributed by atoms with Crippen LogP contribution >= 0.6 is 0 Å². The summed E-state index contributed by atoms with van der Waals surface area (Å²) in [5.41, 5.74) is 0. The van der Waals surface area contributed by atoms with Gasteiger partial charge in [-0.25, -0.2) is 8.42 Å². The fraction of sp³-hybridized carbons (Fsp3) is 0.667. The Labute approximate surface area is 94.7 Å². The van der Waals surface area contributed by atoms with Gasteiger partial charge in [0.25, 0.3) is 0 Å². The summed E-state index contributed by atoms with van der Waals surface area (Å²) in [6.45, 7) is 0.366. The van der Waals surface area contributed by atoms with Crippen LogP contribution in [0, 0.1) is 12.3 Å². The molecule has 0 saturated heterocycles. The molecule has 0 atom stereocenters. The fourth-order valence-corrected chi connectivity index (χ4v) is 0.940. The van der Waals surface area contributed by atoms with E-state index in [4.69, 9.17) is 11.2 Å². The first kappa shape index (κ1) is 14.9. The third-order valence-electron chi connectivity index (χ3n) is 0.868. The van der Waals surface area contributed by atoms with Crippen LogP contribution in [0.25, 0.3) is 0 Å². The number of hydrogen-bond acceptors (Lipinski definition) is 4. The van der Waals surface area contributed by atoms with Gasteiger partial charge in [-0.15, -0.1) is 6.42 Å². The van der Waals surface area contributed by atoms with Crippen LogP contribution in [0.3, 0.4) is 0 Å². The van der Waals surface area contributed by atoms with Crippen LogP contribution in [0.4, 0.5) is 0 Å². The van der Waals surface area contributed by atoms with Crippen molar-refractivity contribution in [2.24, 2.45) is 0 Å². The average Bonchev–Trinajstić information content (AvgIpc) is 1.85. The maximum absolute atomic E-state index is 10.0. The standard InChI is InChI=1S/C6H10O4S.Na/c1-2-4-10-5-3-6-11(7,8)9;/h1H,3-6H2,(H,7,8,9);/q;+1/p-1. The molecule has 4 nitrogen and oxygen atoms in total. The van der Waals surface area contributed by atoms with Gasteiger partial charge in [-0.3, -0.25) is 0 Å². The molecule has 0 spiro atoms. The van der Waals surface area contributed by atoms with E-state index < -0.39 is 15.9 Å². The maximum atomic E-state index is 10.0. The van der Waals surface area contributed by atoms with Crippen LogP contribution in [-0.2, 0) is 14.9 Å². The molecule has 0 radical (unpaired) electrons. The van der Waals surface area contributed by atoms with Gasteiger partial charge < -0.3 is 9.29 Å². The van der Waals surface area contributed by atoms with Gasteiger partial charge in [0.05, 0.1) is 10.1 Å². The molecule has 0 unspecified atom stereocenters. The SMILES string of the molecule is C#CCOCCCS(=O)(=O)[O-].[Na+]. The third kappa shape index (κ3) is 13.1. The van der Waals surface area contributed by atoms with E-state index in [1.165, 1.54) is 0 Å². The van der Waals surface area contributed by atoms with Crippen LogP contribution in [0.2, 0.25) is 0 Å². The first-order chi connectivity index (χ1) is 5.06. The van der Waals surface area contributed by atoms with Crippen LogP contribution < -0.4 is 29.6 Å². The van der Waals surface area contributed by atoms with Gasteiger partial charge in [0.1, 0.15) is 6.61 Å². The molecule has 64 valence electrons. The van der Waals surface area contributed by atoms with E-state index in [0.717, 1.165) is 0 Å². The number of terminal acetylenes is 1. The van der Waals surface area contributed by atoms with Crippen molar-refractivity contribution in [2.45, 2.75) is 6.42 Å². The van der Waals surface area contributed by atoms with Gasteiger partial charge in [0.15, 0.2) is 0 Å². The van der Waals surface area contributed by atoms with Gasteiger partial charge in [-0.05, 0) is 6.42 Å². The minimum atomic E-state index is -4.09. The van der Waals surface area contributed by atoms with Crippen molar-refractivity contribution in [3.63, 3.8) is 0 Å². The van der Waals surface area contributed by atoms with Crippen molar-refractivity contribution >= 4 is 10.1 Å².